The quantitative estimate of drug-likeness (QED) is 0.112. The van der Waals surface area contributed by atoms with Crippen molar-refractivity contribution in [2.75, 3.05) is 0 Å². The molecule has 2 aliphatic rings. The Labute approximate surface area is 307 Å². The van der Waals surface area contributed by atoms with Crippen LogP contribution in [-0.2, 0) is 21.7 Å². The molecule has 2 aromatic heterocycles. The van der Waals surface area contributed by atoms with Gasteiger partial charge in [0, 0.05) is 62.2 Å². The van der Waals surface area contributed by atoms with Gasteiger partial charge in [-0.15, -0.1) is 49.2 Å². The van der Waals surface area contributed by atoms with E-state index in [9.17, 15) is 17.6 Å². The van der Waals surface area contributed by atoms with Gasteiger partial charge in [-0.2, -0.15) is 12.2 Å². The molecule has 49 heavy (non-hydrogen) atoms. The van der Waals surface area contributed by atoms with Crippen LogP contribution in [-0.4, -0.2) is 25.3 Å². The summed E-state index contributed by atoms with van der Waals surface area (Å²) in [6.45, 7) is 21.6. The zero-order valence-electron chi connectivity index (χ0n) is 30.2. The summed E-state index contributed by atoms with van der Waals surface area (Å²) in [6.07, 6.45) is 17.6. The molecule has 2 aliphatic carbocycles. The number of benzene rings is 2. The van der Waals surface area contributed by atoms with Crippen molar-refractivity contribution in [1.29, 1.82) is 0 Å². The van der Waals surface area contributed by atoms with E-state index in [0.29, 0.717) is 11.4 Å². The normalized spacial score (nSPS) is 13.3. The second-order valence-electron chi connectivity index (χ2n) is 13.8. The molecule has 0 unspecified atom stereocenters. The third-order valence-electron chi connectivity index (χ3n) is 7.71. The van der Waals surface area contributed by atoms with Gasteiger partial charge in [0.15, 0.2) is 0 Å². The number of aryl methyl sites for hydroxylation is 4. The largest absolute Gasteiger partial charge is 4.00 e. The van der Waals surface area contributed by atoms with E-state index in [4.69, 9.17) is 0 Å². The number of allylic oxidation sites excluding steroid dienone is 8. The molecular formula is C40H46F4N2Si2Ti. The Morgan fingerprint density at radius 3 is 1.02 bits per heavy atom. The zero-order chi connectivity index (χ0) is 35.8. The van der Waals surface area contributed by atoms with Crippen LogP contribution in [0.25, 0.3) is 11.4 Å². The molecule has 0 saturated heterocycles. The summed E-state index contributed by atoms with van der Waals surface area (Å²) in [5, 5.41) is 2.98. The summed E-state index contributed by atoms with van der Waals surface area (Å²) in [5.41, 5.74) is 4.29. The van der Waals surface area contributed by atoms with Crippen molar-refractivity contribution in [2.45, 2.75) is 79.8 Å². The summed E-state index contributed by atoms with van der Waals surface area (Å²) in [6, 6.07) is 16.8. The van der Waals surface area contributed by atoms with E-state index in [0.717, 1.165) is 35.6 Å². The maximum absolute atomic E-state index is 13.5. The minimum Gasteiger partial charge on any atom is -0.370 e. The first kappa shape index (κ1) is 42.0. The summed E-state index contributed by atoms with van der Waals surface area (Å²) in [5.74, 6) is -2.70. The van der Waals surface area contributed by atoms with Crippen molar-refractivity contribution in [3.8, 4) is 11.4 Å². The molecule has 2 nitrogen and oxygen atoms in total. The van der Waals surface area contributed by atoms with Crippen LogP contribution in [0.2, 0.25) is 39.3 Å². The molecule has 0 saturated carbocycles. The van der Waals surface area contributed by atoms with Gasteiger partial charge < -0.3 is 9.13 Å². The second kappa shape index (κ2) is 18.2. The van der Waals surface area contributed by atoms with Crippen molar-refractivity contribution in [3.05, 3.63) is 154 Å². The monoisotopic (exact) mass is 734 g/mol. The van der Waals surface area contributed by atoms with Crippen LogP contribution >= 0.6 is 0 Å². The van der Waals surface area contributed by atoms with Crippen LogP contribution in [0.5, 0.6) is 0 Å². The summed E-state index contributed by atoms with van der Waals surface area (Å²) >= 11 is 0. The van der Waals surface area contributed by atoms with Crippen molar-refractivity contribution in [3.63, 3.8) is 0 Å². The molecule has 256 valence electrons. The first-order chi connectivity index (χ1) is 22.4. The average Bonchev–Trinajstić information content (AvgIpc) is 3.81. The van der Waals surface area contributed by atoms with Gasteiger partial charge in [0.05, 0.1) is 0 Å². The standard InChI is InChI=1S/2C12H10F2N.2C8H13Si.Ti/c2*1-8-3-4-9(2)15(8)12-6-5-10(13)7-11(12)14;2*1-9(2,3)8-6-4-5-7-8;/h2*3-6H,1-2H3;2*4,6H,5H2,1-3H3;/q4*-1;+4. The van der Waals surface area contributed by atoms with Crippen LogP contribution < -0.4 is 0 Å². The number of nitrogens with zero attached hydrogens (tertiary/aromatic N) is 2. The molecule has 0 amide bonds. The Balaban J connectivity index is 0.000000232. The predicted molar refractivity (Wildman–Crippen MR) is 196 cm³/mol. The van der Waals surface area contributed by atoms with Crippen LogP contribution in [0.4, 0.5) is 17.6 Å². The third-order valence-corrected chi connectivity index (χ3v) is 11.6. The Bertz CT molecular complexity index is 1660. The van der Waals surface area contributed by atoms with E-state index >= 15 is 0 Å². The van der Waals surface area contributed by atoms with Crippen LogP contribution in [0.1, 0.15) is 35.6 Å². The average molecular weight is 735 g/mol. The SMILES string of the molecule is C[Si](C)(C)C1=[C-]CC=C1.C[Si](C)(C)C1=[C-]CC=C1.Cc1ccc(C)n1-c1ccc(F)[c-]c1F.Cc1ccc(C)n1-c1ccc(F)[c-]c1F.[Ti+4]. The number of aromatic nitrogens is 2. The van der Waals surface area contributed by atoms with Gasteiger partial charge in [-0.1, -0.05) is 39.3 Å². The molecule has 0 fully saturated rings. The van der Waals surface area contributed by atoms with E-state index in [1.165, 1.54) is 34.7 Å². The van der Waals surface area contributed by atoms with Gasteiger partial charge in [0.25, 0.3) is 0 Å². The van der Waals surface area contributed by atoms with Crippen molar-refractivity contribution in [2.24, 2.45) is 0 Å². The van der Waals surface area contributed by atoms with Crippen molar-refractivity contribution < 1.29 is 39.3 Å². The molecule has 0 N–H and O–H groups in total. The van der Waals surface area contributed by atoms with E-state index < -0.39 is 39.4 Å². The fourth-order valence-corrected chi connectivity index (χ4v) is 7.65. The molecule has 4 aromatic rings. The third kappa shape index (κ3) is 12.0. The smallest absolute Gasteiger partial charge is 0.370 e. The zero-order valence-corrected chi connectivity index (χ0v) is 33.8. The van der Waals surface area contributed by atoms with Crippen LogP contribution in [0.3, 0.4) is 0 Å². The predicted octanol–water partition coefficient (Wildman–Crippen LogP) is 11.4. The topological polar surface area (TPSA) is 9.86 Å². The van der Waals surface area contributed by atoms with Gasteiger partial charge in [0.1, 0.15) is 0 Å². The fourth-order valence-electron chi connectivity index (χ4n) is 5.15. The molecule has 0 atom stereocenters. The molecule has 2 aromatic carbocycles. The molecule has 9 heteroatoms. The first-order valence-corrected chi connectivity index (χ1v) is 23.0. The van der Waals surface area contributed by atoms with E-state index in [-0.39, 0.29) is 21.7 Å². The van der Waals surface area contributed by atoms with Crippen LogP contribution in [0.15, 0.2) is 83.2 Å². The maximum Gasteiger partial charge on any atom is 4.00 e. The van der Waals surface area contributed by atoms with Gasteiger partial charge in [-0.05, 0) is 63.3 Å². The van der Waals surface area contributed by atoms with Gasteiger partial charge >= 0.3 is 21.7 Å². The molecule has 0 spiro atoms. The fraction of sp³-hybridized carbons (Fsp3) is 0.300. The van der Waals surface area contributed by atoms with E-state index in [1.54, 1.807) is 9.13 Å². The Morgan fingerprint density at radius 2 is 0.816 bits per heavy atom. The Morgan fingerprint density at radius 1 is 0.510 bits per heavy atom. The van der Waals surface area contributed by atoms with E-state index in [2.05, 4.69) is 75.7 Å². The molecule has 0 radical (unpaired) electrons. The number of rotatable bonds is 4. The second-order valence-corrected chi connectivity index (χ2v) is 23.9. The Hall–Kier alpha value is -3.17. The number of halogens is 4. The van der Waals surface area contributed by atoms with Crippen molar-refractivity contribution in [1.82, 2.24) is 9.13 Å². The molecule has 2 heterocycles. The molecular weight excluding hydrogens is 688 g/mol. The Kier molecular flexibility index (Phi) is 15.6. The van der Waals surface area contributed by atoms with Gasteiger partial charge in [-0.25, -0.2) is 40.1 Å². The first-order valence-electron chi connectivity index (χ1n) is 16.0. The summed E-state index contributed by atoms with van der Waals surface area (Å²) in [4.78, 5) is 0. The maximum atomic E-state index is 13.5. The van der Waals surface area contributed by atoms with Gasteiger partial charge in [-0.3, -0.25) is 12.2 Å². The van der Waals surface area contributed by atoms with Crippen molar-refractivity contribution >= 4 is 16.1 Å². The van der Waals surface area contributed by atoms with Crippen LogP contribution in [0, 0.1) is 75.2 Å². The minimum atomic E-state index is -1.01. The molecule has 0 aliphatic heterocycles. The summed E-state index contributed by atoms with van der Waals surface area (Å²) in [7, 11) is -2.01. The molecule has 0 bridgehead atoms. The molecule has 6 rings (SSSR count). The van der Waals surface area contributed by atoms with E-state index in [1.807, 2.05) is 64.1 Å². The number of hydrogen-bond acceptors (Lipinski definition) is 0. The minimum absolute atomic E-state index is 0. The summed E-state index contributed by atoms with van der Waals surface area (Å²) < 4.78 is 55.7. The van der Waals surface area contributed by atoms with Gasteiger partial charge in [0.2, 0.25) is 0 Å². The number of hydrogen-bond donors (Lipinski definition) is 0.